The topological polar surface area (TPSA) is 54.4 Å². The molecule has 0 aromatic carbocycles. The lowest BCUT2D eigenvalue weighted by atomic mass is 10.3. The molecule has 1 heterocycles. The molecule has 1 N–H and O–H groups in total. The highest BCUT2D eigenvalue weighted by atomic mass is 19.1. The lowest BCUT2D eigenvalue weighted by Crippen LogP contribution is -2.12. The van der Waals surface area contributed by atoms with Crippen molar-refractivity contribution in [2.45, 2.75) is 6.92 Å². The first-order valence-corrected chi connectivity index (χ1v) is 3.60. The van der Waals surface area contributed by atoms with Crippen LogP contribution in [-0.4, -0.2) is 17.1 Å². The van der Waals surface area contributed by atoms with Gasteiger partial charge in [-0.2, -0.15) is 9.49 Å². The van der Waals surface area contributed by atoms with E-state index in [1.807, 2.05) is 0 Å². The molecule has 0 aliphatic rings. The van der Waals surface area contributed by atoms with Crippen LogP contribution in [0.25, 0.3) is 0 Å². The number of rotatable bonds is 2. The molecule has 5 heteroatoms. The first-order valence-electron chi connectivity index (χ1n) is 3.60. The van der Waals surface area contributed by atoms with Crippen LogP contribution >= 0.6 is 0 Å². The highest BCUT2D eigenvalue weighted by molar-refractivity contribution is 5.81. The Hall–Kier alpha value is -1.78. The highest BCUT2D eigenvalue weighted by Gasteiger charge is 1.96. The van der Waals surface area contributed by atoms with E-state index >= 15 is 0 Å². The Bertz CT molecular complexity index is 338. The number of halogens is 1. The van der Waals surface area contributed by atoms with Crippen molar-refractivity contribution in [3.8, 4) is 0 Å². The van der Waals surface area contributed by atoms with Crippen LogP contribution in [0.3, 0.4) is 0 Å². The lowest BCUT2D eigenvalue weighted by Gasteiger charge is -1.93. The van der Waals surface area contributed by atoms with Crippen molar-refractivity contribution in [2.75, 3.05) is 0 Å². The Labute approximate surface area is 74.5 Å². The van der Waals surface area contributed by atoms with Gasteiger partial charge in [0.15, 0.2) is 0 Å². The van der Waals surface area contributed by atoms with E-state index in [2.05, 4.69) is 15.5 Å². The predicted molar refractivity (Wildman–Crippen MR) is 45.6 cm³/mol. The Balaban J connectivity index is 2.68. The molecule has 0 spiro atoms. The third-order valence-corrected chi connectivity index (χ3v) is 1.21. The highest BCUT2D eigenvalue weighted by Crippen LogP contribution is 1.98. The molecule has 0 fully saturated rings. The first kappa shape index (κ1) is 9.31. The van der Waals surface area contributed by atoms with Gasteiger partial charge in [0.2, 0.25) is 11.9 Å². The van der Waals surface area contributed by atoms with E-state index in [9.17, 15) is 9.18 Å². The summed E-state index contributed by atoms with van der Waals surface area (Å²) in [6.07, 6.45) is 2.54. The Morgan fingerprint density at radius 1 is 1.77 bits per heavy atom. The van der Waals surface area contributed by atoms with Crippen LogP contribution in [0.2, 0.25) is 0 Å². The number of amides is 1. The van der Waals surface area contributed by atoms with Crippen molar-refractivity contribution < 1.29 is 9.18 Å². The van der Waals surface area contributed by atoms with Gasteiger partial charge in [-0.1, -0.05) is 0 Å². The summed E-state index contributed by atoms with van der Waals surface area (Å²) < 4.78 is 12.8. The van der Waals surface area contributed by atoms with Crippen molar-refractivity contribution in [3.05, 3.63) is 29.8 Å². The van der Waals surface area contributed by atoms with Crippen molar-refractivity contribution in [2.24, 2.45) is 5.10 Å². The Morgan fingerprint density at radius 3 is 3.15 bits per heavy atom. The smallest absolute Gasteiger partial charge is 0.236 e. The standard InChI is InChI=1S/C8H8FN3O/c1-6(13)12-11-5-7-3-2-4-10-8(7)9/h2-5H,1H3,(H,12,13). The van der Waals surface area contributed by atoms with Gasteiger partial charge >= 0.3 is 0 Å². The molecule has 4 nitrogen and oxygen atoms in total. The van der Waals surface area contributed by atoms with Gasteiger partial charge in [-0.25, -0.2) is 10.4 Å². The summed E-state index contributed by atoms with van der Waals surface area (Å²) >= 11 is 0. The maximum atomic E-state index is 12.8. The third-order valence-electron chi connectivity index (χ3n) is 1.21. The fraction of sp³-hybridized carbons (Fsp3) is 0.125. The fourth-order valence-electron chi connectivity index (χ4n) is 0.687. The molecular weight excluding hydrogens is 173 g/mol. The molecule has 0 atom stereocenters. The van der Waals surface area contributed by atoms with Crippen LogP contribution in [0, 0.1) is 5.95 Å². The largest absolute Gasteiger partial charge is 0.274 e. The molecule has 0 saturated heterocycles. The number of nitrogens with zero attached hydrogens (tertiary/aromatic N) is 2. The van der Waals surface area contributed by atoms with Gasteiger partial charge in [-0.3, -0.25) is 4.79 Å². The molecule has 13 heavy (non-hydrogen) atoms. The molecule has 1 rings (SSSR count). The molecule has 1 aromatic rings. The van der Waals surface area contributed by atoms with Gasteiger partial charge in [0, 0.05) is 18.7 Å². The number of aromatic nitrogens is 1. The van der Waals surface area contributed by atoms with Crippen molar-refractivity contribution >= 4 is 12.1 Å². The second-order valence-corrected chi connectivity index (χ2v) is 2.31. The SMILES string of the molecule is CC(=O)NN=Cc1cccnc1F. The van der Waals surface area contributed by atoms with Gasteiger partial charge in [0.05, 0.1) is 6.21 Å². The number of hydrogen-bond acceptors (Lipinski definition) is 3. The van der Waals surface area contributed by atoms with Gasteiger partial charge in [0.25, 0.3) is 0 Å². The molecule has 0 bridgehead atoms. The number of carbonyl (C=O) groups excluding carboxylic acids is 1. The Morgan fingerprint density at radius 2 is 2.54 bits per heavy atom. The van der Waals surface area contributed by atoms with Crippen LogP contribution in [-0.2, 0) is 4.79 Å². The normalized spacial score (nSPS) is 10.3. The first-order chi connectivity index (χ1) is 6.20. The van der Waals surface area contributed by atoms with Gasteiger partial charge < -0.3 is 0 Å². The zero-order valence-corrected chi connectivity index (χ0v) is 6.99. The number of pyridine rings is 1. The molecule has 1 aromatic heterocycles. The number of hydrogen-bond donors (Lipinski definition) is 1. The van der Waals surface area contributed by atoms with E-state index < -0.39 is 5.95 Å². The summed E-state index contributed by atoms with van der Waals surface area (Å²) in [5.74, 6) is -0.919. The van der Waals surface area contributed by atoms with Crippen LogP contribution in [0.5, 0.6) is 0 Å². The quantitative estimate of drug-likeness (QED) is 0.414. The third kappa shape index (κ3) is 2.98. The molecule has 0 aliphatic heterocycles. The second-order valence-electron chi connectivity index (χ2n) is 2.31. The van der Waals surface area contributed by atoms with E-state index in [0.29, 0.717) is 0 Å². The van der Waals surface area contributed by atoms with Crippen molar-refractivity contribution in [3.63, 3.8) is 0 Å². The summed E-state index contributed by atoms with van der Waals surface area (Å²) in [5, 5.41) is 3.50. The summed E-state index contributed by atoms with van der Waals surface area (Å²) in [6.45, 7) is 1.32. The molecule has 0 aliphatic carbocycles. The fourth-order valence-corrected chi connectivity index (χ4v) is 0.687. The summed E-state index contributed by atoms with van der Waals surface area (Å²) in [5.41, 5.74) is 2.39. The zero-order valence-electron chi connectivity index (χ0n) is 6.99. The minimum atomic E-state index is -0.614. The molecule has 0 unspecified atom stereocenters. The summed E-state index contributed by atoms with van der Waals surface area (Å²) in [4.78, 5) is 13.8. The minimum absolute atomic E-state index is 0.233. The number of carbonyl (C=O) groups is 1. The molecular formula is C8H8FN3O. The van der Waals surface area contributed by atoms with E-state index in [1.54, 1.807) is 6.07 Å². The molecule has 68 valence electrons. The summed E-state index contributed by atoms with van der Waals surface area (Å²) in [7, 11) is 0. The van der Waals surface area contributed by atoms with E-state index in [1.165, 1.54) is 25.4 Å². The Kier molecular flexibility index (Phi) is 3.08. The average molecular weight is 181 g/mol. The maximum absolute atomic E-state index is 12.8. The van der Waals surface area contributed by atoms with Crippen LogP contribution in [0.4, 0.5) is 4.39 Å². The second kappa shape index (κ2) is 4.30. The van der Waals surface area contributed by atoms with Gasteiger partial charge in [-0.05, 0) is 12.1 Å². The molecule has 0 saturated carbocycles. The predicted octanol–water partition coefficient (Wildman–Crippen LogP) is 0.691. The lowest BCUT2D eigenvalue weighted by molar-refractivity contribution is -0.118. The van der Waals surface area contributed by atoms with Crippen molar-refractivity contribution in [1.29, 1.82) is 0 Å². The maximum Gasteiger partial charge on any atom is 0.236 e. The molecule has 1 amide bonds. The zero-order chi connectivity index (χ0) is 9.68. The monoisotopic (exact) mass is 181 g/mol. The summed E-state index contributed by atoms with van der Waals surface area (Å²) in [6, 6.07) is 3.09. The number of nitrogens with one attached hydrogen (secondary N) is 1. The van der Waals surface area contributed by atoms with Gasteiger partial charge in [-0.15, -0.1) is 0 Å². The van der Waals surface area contributed by atoms with E-state index in [4.69, 9.17) is 0 Å². The average Bonchev–Trinajstić information content (AvgIpc) is 2.08. The van der Waals surface area contributed by atoms with E-state index in [-0.39, 0.29) is 11.5 Å². The van der Waals surface area contributed by atoms with Gasteiger partial charge in [0.1, 0.15) is 0 Å². The minimum Gasteiger partial charge on any atom is -0.274 e. The molecule has 0 radical (unpaired) electrons. The number of hydrazone groups is 1. The van der Waals surface area contributed by atoms with Crippen molar-refractivity contribution in [1.82, 2.24) is 10.4 Å². The van der Waals surface area contributed by atoms with E-state index in [0.717, 1.165) is 0 Å². The van der Waals surface area contributed by atoms with Crippen LogP contribution in [0.1, 0.15) is 12.5 Å². The van der Waals surface area contributed by atoms with Crippen LogP contribution in [0.15, 0.2) is 23.4 Å². The van der Waals surface area contributed by atoms with Crippen LogP contribution < -0.4 is 5.43 Å².